The highest BCUT2D eigenvalue weighted by Gasteiger charge is 2.34. The Labute approximate surface area is 93.3 Å². The van der Waals surface area contributed by atoms with Gasteiger partial charge in [-0.05, 0) is 38.1 Å². The first-order valence-electron chi connectivity index (χ1n) is 4.94. The van der Waals surface area contributed by atoms with Crippen LogP contribution in [0.5, 0.6) is 0 Å². The van der Waals surface area contributed by atoms with Crippen LogP contribution in [-0.4, -0.2) is 11.8 Å². The monoisotopic (exact) mass is 216 g/mol. The van der Waals surface area contributed by atoms with Crippen LogP contribution in [0.3, 0.4) is 0 Å². The Kier molecular flexibility index (Phi) is 2.27. The van der Waals surface area contributed by atoms with E-state index < -0.39 is 0 Å². The molecule has 0 spiro atoms. The summed E-state index contributed by atoms with van der Waals surface area (Å²) < 4.78 is 0. The fourth-order valence-electron chi connectivity index (χ4n) is 1.61. The van der Waals surface area contributed by atoms with Crippen molar-refractivity contribution in [3.05, 3.63) is 35.4 Å². The number of carbonyl (C=O) groups is 2. The summed E-state index contributed by atoms with van der Waals surface area (Å²) in [5.41, 5.74) is 7.71. The predicted molar refractivity (Wildman–Crippen MR) is 61.7 cm³/mol. The number of hydrogen-bond donors (Lipinski definition) is 1. The van der Waals surface area contributed by atoms with Gasteiger partial charge in [0.15, 0.2) is 0 Å². The Balaban J connectivity index is 2.42. The van der Waals surface area contributed by atoms with Crippen molar-refractivity contribution in [2.24, 2.45) is 0 Å². The van der Waals surface area contributed by atoms with Gasteiger partial charge in [-0.1, -0.05) is 0 Å². The van der Waals surface area contributed by atoms with E-state index >= 15 is 0 Å². The SMILES string of the molecule is CC1=C(C)C(=O)N(c2ccc(N)cc2)C1=O. The van der Waals surface area contributed by atoms with Gasteiger partial charge >= 0.3 is 0 Å². The molecule has 1 aliphatic heterocycles. The fraction of sp³-hybridized carbons (Fsp3) is 0.167. The lowest BCUT2D eigenvalue weighted by Gasteiger charge is -2.14. The van der Waals surface area contributed by atoms with E-state index in [2.05, 4.69) is 0 Å². The first kappa shape index (κ1) is 10.4. The molecular weight excluding hydrogens is 204 g/mol. The average molecular weight is 216 g/mol. The van der Waals surface area contributed by atoms with E-state index in [0.29, 0.717) is 22.5 Å². The summed E-state index contributed by atoms with van der Waals surface area (Å²) in [6, 6.07) is 6.66. The number of rotatable bonds is 1. The Morgan fingerprint density at radius 3 is 1.81 bits per heavy atom. The summed E-state index contributed by atoms with van der Waals surface area (Å²) in [4.78, 5) is 24.8. The largest absolute Gasteiger partial charge is 0.399 e. The molecule has 1 aromatic carbocycles. The number of carbonyl (C=O) groups excluding carboxylic acids is 2. The lowest BCUT2D eigenvalue weighted by atomic mass is 10.2. The smallest absolute Gasteiger partial charge is 0.261 e. The Bertz CT molecular complexity index is 476. The molecule has 0 saturated carbocycles. The van der Waals surface area contributed by atoms with Gasteiger partial charge in [0, 0.05) is 16.8 Å². The minimum absolute atomic E-state index is 0.257. The topological polar surface area (TPSA) is 63.4 Å². The maximum absolute atomic E-state index is 11.8. The number of nitrogens with zero attached hydrogens (tertiary/aromatic N) is 1. The van der Waals surface area contributed by atoms with Crippen molar-refractivity contribution in [2.75, 3.05) is 10.6 Å². The van der Waals surface area contributed by atoms with E-state index in [1.165, 1.54) is 4.90 Å². The van der Waals surface area contributed by atoms with Crippen LogP contribution in [0.15, 0.2) is 35.4 Å². The zero-order chi connectivity index (χ0) is 11.9. The molecule has 16 heavy (non-hydrogen) atoms. The highest BCUT2D eigenvalue weighted by atomic mass is 16.2. The Morgan fingerprint density at radius 2 is 1.38 bits per heavy atom. The van der Waals surface area contributed by atoms with Gasteiger partial charge in [-0.3, -0.25) is 9.59 Å². The second kappa shape index (κ2) is 3.48. The highest BCUT2D eigenvalue weighted by molar-refractivity contribution is 6.32. The maximum atomic E-state index is 11.8. The van der Waals surface area contributed by atoms with E-state index in [1.54, 1.807) is 38.1 Å². The van der Waals surface area contributed by atoms with Crippen molar-refractivity contribution < 1.29 is 9.59 Å². The number of benzene rings is 1. The van der Waals surface area contributed by atoms with Gasteiger partial charge in [-0.15, -0.1) is 0 Å². The summed E-state index contributed by atoms with van der Waals surface area (Å²) in [6.07, 6.45) is 0. The molecule has 2 N–H and O–H groups in total. The quantitative estimate of drug-likeness (QED) is 0.571. The Morgan fingerprint density at radius 1 is 0.938 bits per heavy atom. The highest BCUT2D eigenvalue weighted by Crippen LogP contribution is 2.26. The second-order valence-electron chi connectivity index (χ2n) is 3.79. The molecule has 0 unspecified atom stereocenters. The predicted octanol–water partition coefficient (Wildman–Crippen LogP) is 1.48. The van der Waals surface area contributed by atoms with Gasteiger partial charge in [-0.25, -0.2) is 4.90 Å². The molecule has 0 atom stereocenters. The van der Waals surface area contributed by atoms with Crippen LogP contribution in [0.4, 0.5) is 11.4 Å². The van der Waals surface area contributed by atoms with Crippen LogP contribution >= 0.6 is 0 Å². The van der Waals surface area contributed by atoms with Crippen molar-refractivity contribution in [3.63, 3.8) is 0 Å². The molecule has 4 heteroatoms. The molecule has 1 aromatic rings. The van der Waals surface area contributed by atoms with Crippen LogP contribution in [-0.2, 0) is 9.59 Å². The number of nitrogens with two attached hydrogens (primary N) is 1. The van der Waals surface area contributed by atoms with Gasteiger partial charge in [0.05, 0.1) is 5.69 Å². The van der Waals surface area contributed by atoms with Crippen LogP contribution in [0.2, 0.25) is 0 Å². The molecule has 1 aliphatic rings. The third kappa shape index (κ3) is 1.39. The molecule has 2 rings (SSSR count). The molecule has 0 aromatic heterocycles. The van der Waals surface area contributed by atoms with E-state index in [9.17, 15) is 9.59 Å². The molecule has 1 heterocycles. The van der Waals surface area contributed by atoms with Gasteiger partial charge in [0.1, 0.15) is 0 Å². The first-order chi connectivity index (χ1) is 7.52. The molecule has 0 bridgehead atoms. The lowest BCUT2D eigenvalue weighted by Crippen LogP contribution is -2.31. The molecule has 0 radical (unpaired) electrons. The van der Waals surface area contributed by atoms with Crippen LogP contribution in [0.1, 0.15) is 13.8 Å². The van der Waals surface area contributed by atoms with E-state index in [4.69, 9.17) is 5.73 Å². The number of anilines is 2. The summed E-state index contributed by atoms with van der Waals surface area (Å²) in [7, 11) is 0. The minimum atomic E-state index is -0.257. The normalized spacial score (nSPS) is 16.2. The molecular formula is C12H12N2O2. The third-order valence-corrected chi connectivity index (χ3v) is 2.76. The third-order valence-electron chi connectivity index (χ3n) is 2.76. The number of amides is 2. The van der Waals surface area contributed by atoms with E-state index in [-0.39, 0.29) is 11.8 Å². The molecule has 2 amide bonds. The van der Waals surface area contributed by atoms with Gasteiger partial charge in [-0.2, -0.15) is 0 Å². The maximum Gasteiger partial charge on any atom is 0.261 e. The average Bonchev–Trinajstić information content (AvgIpc) is 2.46. The van der Waals surface area contributed by atoms with Crippen molar-refractivity contribution in [1.82, 2.24) is 0 Å². The van der Waals surface area contributed by atoms with Crippen molar-refractivity contribution in [3.8, 4) is 0 Å². The molecule has 4 nitrogen and oxygen atoms in total. The van der Waals surface area contributed by atoms with Gasteiger partial charge in [0.25, 0.3) is 11.8 Å². The fourth-order valence-corrected chi connectivity index (χ4v) is 1.61. The van der Waals surface area contributed by atoms with E-state index in [1.807, 2.05) is 0 Å². The van der Waals surface area contributed by atoms with Crippen molar-refractivity contribution in [2.45, 2.75) is 13.8 Å². The Hall–Kier alpha value is -2.10. The van der Waals surface area contributed by atoms with Crippen molar-refractivity contribution >= 4 is 23.2 Å². The zero-order valence-electron chi connectivity index (χ0n) is 9.15. The molecule has 0 fully saturated rings. The lowest BCUT2D eigenvalue weighted by molar-refractivity contribution is -0.120. The minimum Gasteiger partial charge on any atom is -0.399 e. The van der Waals surface area contributed by atoms with Crippen LogP contribution < -0.4 is 10.6 Å². The summed E-state index contributed by atoms with van der Waals surface area (Å²) in [5.74, 6) is -0.514. The van der Waals surface area contributed by atoms with Crippen molar-refractivity contribution in [1.29, 1.82) is 0 Å². The number of imide groups is 1. The zero-order valence-corrected chi connectivity index (χ0v) is 9.15. The van der Waals surface area contributed by atoms with Gasteiger partial charge < -0.3 is 5.73 Å². The van der Waals surface area contributed by atoms with Gasteiger partial charge in [0.2, 0.25) is 0 Å². The number of hydrogen-bond acceptors (Lipinski definition) is 3. The molecule has 0 saturated heterocycles. The molecule has 0 aliphatic carbocycles. The molecule has 82 valence electrons. The second-order valence-corrected chi connectivity index (χ2v) is 3.79. The van der Waals surface area contributed by atoms with Crippen LogP contribution in [0, 0.1) is 0 Å². The summed E-state index contributed by atoms with van der Waals surface area (Å²) in [6.45, 7) is 3.32. The van der Waals surface area contributed by atoms with E-state index in [0.717, 1.165) is 0 Å². The summed E-state index contributed by atoms with van der Waals surface area (Å²) >= 11 is 0. The number of nitrogen functional groups attached to an aromatic ring is 1. The summed E-state index contributed by atoms with van der Waals surface area (Å²) in [5, 5.41) is 0. The standard InChI is InChI=1S/C12H12N2O2/c1-7-8(2)12(16)14(11(7)15)10-5-3-9(13)4-6-10/h3-6H,13H2,1-2H3. The first-order valence-corrected chi connectivity index (χ1v) is 4.94. The van der Waals surface area contributed by atoms with Crippen LogP contribution in [0.25, 0.3) is 0 Å².